The topological polar surface area (TPSA) is 36.9 Å². The van der Waals surface area contributed by atoms with Crippen molar-refractivity contribution in [3.05, 3.63) is 29.3 Å². The second-order valence-corrected chi connectivity index (χ2v) is 6.36. The highest BCUT2D eigenvalue weighted by Gasteiger charge is 2.19. The molecule has 1 aliphatic carbocycles. The molecule has 4 nitrogen and oxygen atoms in total. The van der Waals surface area contributed by atoms with Crippen LogP contribution in [0.2, 0.25) is 5.02 Å². The molecule has 0 atom stereocenters. The summed E-state index contributed by atoms with van der Waals surface area (Å²) in [6.07, 6.45) is 6.31. The molecule has 2 aliphatic rings. The van der Waals surface area contributed by atoms with E-state index in [0.29, 0.717) is 6.04 Å². The van der Waals surface area contributed by atoms with Gasteiger partial charge in [-0.25, -0.2) is 4.99 Å². The first-order chi connectivity index (χ1) is 10.8. The Balaban J connectivity index is 1.78. The number of aliphatic imine (C=N–C) groups is 1. The van der Waals surface area contributed by atoms with Crippen LogP contribution in [-0.2, 0) is 4.74 Å². The number of guanidine groups is 1. The van der Waals surface area contributed by atoms with Gasteiger partial charge >= 0.3 is 0 Å². The van der Waals surface area contributed by atoms with Gasteiger partial charge in [-0.1, -0.05) is 43.0 Å². The molecule has 0 amide bonds. The number of hydrogen-bond donors (Lipinski definition) is 1. The number of ether oxygens (including phenoxy) is 1. The van der Waals surface area contributed by atoms with Crippen LogP contribution in [-0.4, -0.2) is 43.2 Å². The van der Waals surface area contributed by atoms with E-state index < -0.39 is 0 Å². The van der Waals surface area contributed by atoms with E-state index in [0.717, 1.165) is 43.0 Å². The average Bonchev–Trinajstić information content (AvgIpc) is 2.58. The lowest BCUT2D eigenvalue weighted by atomic mass is 9.96. The molecule has 5 heteroatoms. The highest BCUT2D eigenvalue weighted by atomic mass is 35.5. The average molecular weight is 322 g/mol. The maximum Gasteiger partial charge on any atom is 0.198 e. The Bertz CT molecular complexity index is 508. The Morgan fingerprint density at radius 3 is 2.59 bits per heavy atom. The molecule has 1 heterocycles. The Morgan fingerprint density at radius 1 is 1.14 bits per heavy atom. The number of nitrogens with one attached hydrogen (secondary N) is 1. The fourth-order valence-electron chi connectivity index (χ4n) is 3.03. The fourth-order valence-corrected chi connectivity index (χ4v) is 3.22. The molecule has 22 heavy (non-hydrogen) atoms. The first-order valence-corrected chi connectivity index (χ1v) is 8.63. The van der Waals surface area contributed by atoms with Crippen LogP contribution in [0, 0.1) is 0 Å². The molecule has 1 aromatic carbocycles. The number of halogens is 1. The minimum Gasteiger partial charge on any atom is -0.378 e. The van der Waals surface area contributed by atoms with Crippen molar-refractivity contribution < 1.29 is 4.74 Å². The third kappa shape index (κ3) is 4.14. The summed E-state index contributed by atoms with van der Waals surface area (Å²) >= 11 is 6.29. The summed E-state index contributed by atoms with van der Waals surface area (Å²) in [5, 5.41) is 4.18. The van der Waals surface area contributed by atoms with Crippen molar-refractivity contribution in [2.45, 2.75) is 38.1 Å². The molecule has 1 aliphatic heterocycles. The first kappa shape index (κ1) is 15.6. The fraction of sp³-hybridized carbons (Fsp3) is 0.588. The summed E-state index contributed by atoms with van der Waals surface area (Å²) in [7, 11) is 0. The number of rotatable bonds is 2. The molecule has 120 valence electrons. The van der Waals surface area contributed by atoms with E-state index in [1.807, 2.05) is 24.3 Å². The van der Waals surface area contributed by atoms with E-state index in [1.54, 1.807) is 0 Å². The first-order valence-electron chi connectivity index (χ1n) is 8.25. The molecule has 0 unspecified atom stereocenters. The molecule has 0 radical (unpaired) electrons. The van der Waals surface area contributed by atoms with Gasteiger partial charge in [0, 0.05) is 13.1 Å². The van der Waals surface area contributed by atoms with Crippen LogP contribution in [0.25, 0.3) is 0 Å². The van der Waals surface area contributed by atoms with Crippen molar-refractivity contribution in [3.8, 4) is 0 Å². The van der Waals surface area contributed by atoms with Gasteiger partial charge in [-0.05, 0) is 25.0 Å². The van der Waals surface area contributed by atoms with Gasteiger partial charge in [0.1, 0.15) is 0 Å². The number of benzene rings is 1. The predicted octanol–water partition coefficient (Wildman–Crippen LogP) is 3.77. The van der Waals surface area contributed by atoms with Crippen molar-refractivity contribution in [1.82, 2.24) is 4.90 Å². The molecular weight excluding hydrogens is 298 g/mol. The zero-order valence-electron chi connectivity index (χ0n) is 12.9. The molecule has 1 aromatic rings. The SMILES string of the molecule is Clc1ccccc1NC(=NC1CCCCC1)N1CCOCC1. The maximum atomic E-state index is 6.29. The van der Waals surface area contributed by atoms with E-state index in [9.17, 15) is 0 Å². The molecule has 1 saturated carbocycles. The van der Waals surface area contributed by atoms with Gasteiger partial charge in [-0.3, -0.25) is 0 Å². The quantitative estimate of drug-likeness (QED) is 0.665. The van der Waals surface area contributed by atoms with Gasteiger partial charge < -0.3 is 15.0 Å². The van der Waals surface area contributed by atoms with Crippen molar-refractivity contribution in [1.29, 1.82) is 0 Å². The van der Waals surface area contributed by atoms with Crippen molar-refractivity contribution >= 4 is 23.2 Å². The Labute approximate surface area is 137 Å². The third-order valence-electron chi connectivity index (χ3n) is 4.31. The zero-order valence-corrected chi connectivity index (χ0v) is 13.7. The van der Waals surface area contributed by atoms with Gasteiger partial charge in [0.25, 0.3) is 0 Å². The number of morpholine rings is 1. The normalized spacial score (nSPS) is 21.0. The van der Waals surface area contributed by atoms with Crippen molar-refractivity contribution in [2.75, 3.05) is 31.6 Å². The number of anilines is 1. The summed E-state index contributed by atoms with van der Waals surface area (Å²) in [4.78, 5) is 7.29. The van der Waals surface area contributed by atoms with Crippen LogP contribution < -0.4 is 5.32 Å². The van der Waals surface area contributed by atoms with E-state index in [-0.39, 0.29) is 0 Å². The molecule has 1 saturated heterocycles. The summed E-state index contributed by atoms with van der Waals surface area (Å²) in [5.41, 5.74) is 0.921. The predicted molar refractivity (Wildman–Crippen MR) is 91.8 cm³/mol. The van der Waals surface area contributed by atoms with E-state index in [4.69, 9.17) is 21.3 Å². The standard InChI is InChI=1S/C17H24ClN3O/c18-15-8-4-5-9-16(15)20-17(21-10-12-22-13-11-21)19-14-6-2-1-3-7-14/h4-5,8-9,14H,1-3,6-7,10-13H2,(H,19,20). The van der Waals surface area contributed by atoms with Crippen LogP contribution in [0.4, 0.5) is 5.69 Å². The van der Waals surface area contributed by atoms with Crippen LogP contribution in [0.3, 0.4) is 0 Å². The van der Waals surface area contributed by atoms with Gasteiger partial charge in [0.15, 0.2) is 5.96 Å². The Morgan fingerprint density at radius 2 is 1.86 bits per heavy atom. The van der Waals surface area contributed by atoms with Crippen molar-refractivity contribution in [2.24, 2.45) is 4.99 Å². The molecular formula is C17H24ClN3O. The zero-order chi connectivity index (χ0) is 15.2. The van der Waals surface area contributed by atoms with E-state index in [2.05, 4.69) is 10.2 Å². The number of hydrogen-bond acceptors (Lipinski definition) is 2. The lowest BCUT2D eigenvalue weighted by Crippen LogP contribution is -2.44. The lowest BCUT2D eigenvalue weighted by molar-refractivity contribution is 0.0677. The summed E-state index contributed by atoms with van der Waals surface area (Å²) in [5.74, 6) is 0.948. The monoisotopic (exact) mass is 321 g/mol. The van der Waals surface area contributed by atoms with Crippen molar-refractivity contribution in [3.63, 3.8) is 0 Å². The van der Waals surface area contributed by atoms with Gasteiger partial charge in [0.2, 0.25) is 0 Å². The summed E-state index contributed by atoms with van der Waals surface area (Å²) in [6.45, 7) is 3.27. The minimum absolute atomic E-state index is 0.432. The molecule has 0 spiro atoms. The smallest absolute Gasteiger partial charge is 0.198 e. The van der Waals surface area contributed by atoms with Gasteiger partial charge in [-0.15, -0.1) is 0 Å². The Hall–Kier alpha value is -1.26. The highest BCUT2D eigenvalue weighted by Crippen LogP contribution is 2.23. The third-order valence-corrected chi connectivity index (χ3v) is 4.64. The summed E-state index contributed by atoms with van der Waals surface area (Å²) in [6, 6.07) is 8.27. The number of para-hydroxylation sites is 1. The largest absolute Gasteiger partial charge is 0.378 e. The van der Waals surface area contributed by atoms with E-state index in [1.165, 1.54) is 32.1 Å². The minimum atomic E-state index is 0.432. The van der Waals surface area contributed by atoms with Crippen LogP contribution in [0.1, 0.15) is 32.1 Å². The van der Waals surface area contributed by atoms with Crippen LogP contribution in [0.5, 0.6) is 0 Å². The maximum absolute atomic E-state index is 6.29. The van der Waals surface area contributed by atoms with Crippen LogP contribution >= 0.6 is 11.6 Å². The molecule has 2 fully saturated rings. The summed E-state index contributed by atoms with van der Waals surface area (Å²) < 4.78 is 5.46. The van der Waals surface area contributed by atoms with Crippen LogP contribution in [0.15, 0.2) is 29.3 Å². The second-order valence-electron chi connectivity index (χ2n) is 5.95. The number of nitrogens with zero attached hydrogens (tertiary/aromatic N) is 2. The molecule has 0 aromatic heterocycles. The Kier molecular flexibility index (Phi) is 5.57. The highest BCUT2D eigenvalue weighted by molar-refractivity contribution is 6.33. The lowest BCUT2D eigenvalue weighted by Gasteiger charge is -2.32. The molecule has 3 rings (SSSR count). The second kappa shape index (κ2) is 7.84. The molecule has 0 bridgehead atoms. The van der Waals surface area contributed by atoms with E-state index >= 15 is 0 Å². The van der Waals surface area contributed by atoms with Gasteiger partial charge in [-0.2, -0.15) is 0 Å². The molecule has 1 N–H and O–H groups in total. The van der Waals surface area contributed by atoms with Gasteiger partial charge in [0.05, 0.1) is 30.0 Å².